The molecule has 0 atom stereocenters. The highest BCUT2D eigenvalue weighted by Gasteiger charge is 2.43. The van der Waals surface area contributed by atoms with Gasteiger partial charge in [0.1, 0.15) is 0 Å². The van der Waals surface area contributed by atoms with Crippen molar-refractivity contribution in [2.45, 2.75) is 39.2 Å². The molecule has 0 aromatic carbocycles. The third-order valence-electron chi connectivity index (χ3n) is 2.73. The minimum atomic E-state index is -0.0982. The van der Waals surface area contributed by atoms with Gasteiger partial charge in [0, 0.05) is 12.6 Å². The van der Waals surface area contributed by atoms with Gasteiger partial charge in [-0.1, -0.05) is 6.42 Å². The van der Waals surface area contributed by atoms with Crippen molar-refractivity contribution in [1.29, 1.82) is 0 Å². The van der Waals surface area contributed by atoms with Gasteiger partial charge >= 0.3 is 0 Å². The fourth-order valence-electron chi connectivity index (χ4n) is 1.84. The molecule has 3 nitrogen and oxygen atoms in total. The molecular formula is C10H20N2O. The molecule has 0 spiro atoms. The standard InChI is InChI=1S/C10H20N2O/c1-8(2)12-9(13)10(7-11-3)5-4-6-10/h8,11H,4-7H2,1-3H3,(H,12,13). The van der Waals surface area contributed by atoms with E-state index >= 15 is 0 Å². The Bertz CT molecular complexity index is 185. The fourth-order valence-corrected chi connectivity index (χ4v) is 1.84. The lowest BCUT2D eigenvalue weighted by atomic mass is 9.68. The maximum atomic E-state index is 11.8. The monoisotopic (exact) mass is 184 g/mol. The molecule has 0 aromatic rings. The molecule has 0 unspecified atom stereocenters. The Morgan fingerprint density at radius 2 is 2.08 bits per heavy atom. The molecule has 2 N–H and O–H groups in total. The Labute approximate surface area is 80.3 Å². The predicted molar refractivity (Wildman–Crippen MR) is 53.5 cm³/mol. The zero-order chi connectivity index (χ0) is 9.90. The summed E-state index contributed by atoms with van der Waals surface area (Å²) in [6.07, 6.45) is 3.26. The first kappa shape index (κ1) is 10.5. The van der Waals surface area contributed by atoms with Crippen molar-refractivity contribution in [3.8, 4) is 0 Å². The third-order valence-corrected chi connectivity index (χ3v) is 2.73. The summed E-state index contributed by atoms with van der Waals surface area (Å²) in [5, 5.41) is 6.10. The van der Waals surface area contributed by atoms with E-state index in [4.69, 9.17) is 0 Å². The van der Waals surface area contributed by atoms with Gasteiger partial charge < -0.3 is 10.6 Å². The predicted octanol–water partition coefficient (Wildman–Crippen LogP) is 0.901. The van der Waals surface area contributed by atoms with E-state index in [9.17, 15) is 4.79 Å². The Morgan fingerprint density at radius 3 is 2.38 bits per heavy atom. The maximum Gasteiger partial charge on any atom is 0.227 e. The molecule has 1 fully saturated rings. The van der Waals surface area contributed by atoms with Crippen LogP contribution in [0.15, 0.2) is 0 Å². The molecule has 3 heteroatoms. The van der Waals surface area contributed by atoms with Gasteiger partial charge in [-0.05, 0) is 33.7 Å². The van der Waals surface area contributed by atoms with Crippen molar-refractivity contribution in [2.75, 3.05) is 13.6 Å². The van der Waals surface area contributed by atoms with Crippen LogP contribution in [0.2, 0.25) is 0 Å². The summed E-state index contributed by atoms with van der Waals surface area (Å²) in [6, 6.07) is 0.252. The van der Waals surface area contributed by atoms with Crippen LogP contribution in [0.5, 0.6) is 0 Å². The van der Waals surface area contributed by atoms with E-state index in [1.807, 2.05) is 20.9 Å². The highest BCUT2D eigenvalue weighted by Crippen LogP contribution is 2.40. The molecule has 0 saturated heterocycles. The number of amides is 1. The molecule has 1 rings (SSSR count). The van der Waals surface area contributed by atoms with E-state index in [0.29, 0.717) is 0 Å². The average molecular weight is 184 g/mol. The van der Waals surface area contributed by atoms with Crippen LogP contribution in [0, 0.1) is 5.41 Å². The highest BCUT2D eigenvalue weighted by atomic mass is 16.2. The van der Waals surface area contributed by atoms with Gasteiger partial charge in [-0.25, -0.2) is 0 Å². The Balaban J connectivity index is 2.50. The lowest BCUT2D eigenvalue weighted by molar-refractivity contribution is -0.136. The van der Waals surface area contributed by atoms with Crippen LogP contribution in [0.1, 0.15) is 33.1 Å². The number of hydrogen-bond donors (Lipinski definition) is 2. The van der Waals surface area contributed by atoms with Gasteiger partial charge in [-0.15, -0.1) is 0 Å². The van der Waals surface area contributed by atoms with E-state index in [0.717, 1.165) is 19.4 Å². The molecular weight excluding hydrogens is 164 g/mol. The van der Waals surface area contributed by atoms with Gasteiger partial charge in [0.25, 0.3) is 0 Å². The van der Waals surface area contributed by atoms with Crippen LogP contribution < -0.4 is 10.6 Å². The lowest BCUT2D eigenvalue weighted by Gasteiger charge is -2.40. The van der Waals surface area contributed by atoms with Crippen molar-refractivity contribution in [3.05, 3.63) is 0 Å². The van der Waals surface area contributed by atoms with Crippen molar-refractivity contribution >= 4 is 5.91 Å². The van der Waals surface area contributed by atoms with Crippen LogP contribution in [0.4, 0.5) is 0 Å². The highest BCUT2D eigenvalue weighted by molar-refractivity contribution is 5.84. The van der Waals surface area contributed by atoms with Crippen LogP contribution in [0.3, 0.4) is 0 Å². The van der Waals surface area contributed by atoms with Crippen molar-refractivity contribution in [1.82, 2.24) is 10.6 Å². The quantitative estimate of drug-likeness (QED) is 0.681. The van der Waals surface area contributed by atoms with Crippen LogP contribution >= 0.6 is 0 Å². The van der Waals surface area contributed by atoms with Crippen LogP contribution in [-0.2, 0) is 4.79 Å². The second-order valence-corrected chi connectivity index (χ2v) is 4.29. The minimum absolute atomic E-state index is 0.0982. The molecule has 0 radical (unpaired) electrons. The van der Waals surface area contributed by atoms with Gasteiger partial charge in [0.2, 0.25) is 5.91 Å². The molecule has 1 amide bonds. The molecule has 1 aliphatic rings. The summed E-state index contributed by atoms with van der Waals surface area (Å²) in [7, 11) is 1.91. The van der Waals surface area contributed by atoms with Crippen molar-refractivity contribution < 1.29 is 4.79 Å². The van der Waals surface area contributed by atoms with Crippen LogP contribution in [0.25, 0.3) is 0 Å². The molecule has 1 saturated carbocycles. The number of nitrogens with one attached hydrogen (secondary N) is 2. The van der Waals surface area contributed by atoms with E-state index in [2.05, 4.69) is 10.6 Å². The molecule has 0 heterocycles. The lowest BCUT2D eigenvalue weighted by Crippen LogP contribution is -2.52. The normalized spacial score (nSPS) is 19.7. The molecule has 1 aliphatic carbocycles. The van der Waals surface area contributed by atoms with Crippen molar-refractivity contribution in [3.63, 3.8) is 0 Å². The van der Waals surface area contributed by atoms with Crippen molar-refractivity contribution in [2.24, 2.45) is 5.41 Å². The number of rotatable bonds is 4. The summed E-state index contributed by atoms with van der Waals surface area (Å²) in [5.74, 6) is 0.225. The van der Waals surface area contributed by atoms with Gasteiger partial charge in [0.15, 0.2) is 0 Å². The SMILES string of the molecule is CNCC1(C(=O)NC(C)C)CCC1. The zero-order valence-electron chi connectivity index (χ0n) is 8.81. The molecule has 13 heavy (non-hydrogen) atoms. The second kappa shape index (κ2) is 4.09. The largest absolute Gasteiger partial charge is 0.353 e. The topological polar surface area (TPSA) is 41.1 Å². The van der Waals surface area contributed by atoms with E-state index < -0.39 is 0 Å². The first-order valence-electron chi connectivity index (χ1n) is 5.06. The molecule has 0 aromatic heterocycles. The molecule has 0 aliphatic heterocycles. The van der Waals surface area contributed by atoms with E-state index in [-0.39, 0.29) is 17.4 Å². The van der Waals surface area contributed by atoms with Gasteiger partial charge in [0.05, 0.1) is 5.41 Å². The smallest absolute Gasteiger partial charge is 0.227 e. The minimum Gasteiger partial charge on any atom is -0.353 e. The Morgan fingerprint density at radius 1 is 1.46 bits per heavy atom. The molecule has 76 valence electrons. The molecule has 0 bridgehead atoms. The van der Waals surface area contributed by atoms with Gasteiger partial charge in [-0.2, -0.15) is 0 Å². The summed E-state index contributed by atoms with van der Waals surface area (Å²) in [6.45, 7) is 4.82. The summed E-state index contributed by atoms with van der Waals surface area (Å²) in [4.78, 5) is 11.8. The summed E-state index contributed by atoms with van der Waals surface area (Å²) >= 11 is 0. The first-order valence-corrected chi connectivity index (χ1v) is 5.06. The van der Waals surface area contributed by atoms with Crippen LogP contribution in [-0.4, -0.2) is 25.5 Å². The zero-order valence-corrected chi connectivity index (χ0v) is 8.81. The second-order valence-electron chi connectivity index (χ2n) is 4.29. The third kappa shape index (κ3) is 2.21. The number of carbonyl (C=O) groups excluding carboxylic acids is 1. The Kier molecular flexibility index (Phi) is 3.31. The average Bonchev–Trinajstić information content (AvgIpc) is 1.94. The Hall–Kier alpha value is -0.570. The number of hydrogen-bond acceptors (Lipinski definition) is 2. The first-order chi connectivity index (χ1) is 6.10. The van der Waals surface area contributed by atoms with E-state index in [1.165, 1.54) is 6.42 Å². The van der Waals surface area contributed by atoms with E-state index in [1.54, 1.807) is 0 Å². The fraction of sp³-hybridized carbons (Fsp3) is 0.900. The summed E-state index contributed by atoms with van der Waals surface area (Å²) < 4.78 is 0. The van der Waals surface area contributed by atoms with Gasteiger partial charge in [-0.3, -0.25) is 4.79 Å². The number of carbonyl (C=O) groups is 1. The summed E-state index contributed by atoms with van der Waals surface area (Å²) in [5.41, 5.74) is -0.0982. The maximum absolute atomic E-state index is 11.8.